The zero-order valence-electron chi connectivity index (χ0n) is 10.6. The number of amides is 2. The largest absolute Gasteiger partial charge is 0.478 e. The van der Waals surface area contributed by atoms with Crippen LogP contribution in [0.3, 0.4) is 0 Å². The Labute approximate surface area is 115 Å². The third-order valence-corrected chi connectivity index (χ3v) is 3.68. The smallest absolute Gasteiger partial charge is 0.328 e. The van der Waals surface area contributed by atoms with Gasteiger partial charge in [-0.1, -0.05) is 0 Å². The molecule has 1 aliphatic carbocycles. The average molecular weight is 280 g/mol. The third kappa shape index (κ3) is 4.40. The first-order chi connectivity index (χ1) is 9.04. The van der Waals surface area contributed by atoms with E-state index < -0.39 is 5.97 Å². The van der Waals surface area contributed by atoms with Crippen molar-refractivity contribution in [2.45, 2.75) is 25.4 Å². The lowest BCUT2D eigenvalue weighted by Gasteiger charge is -2.16. The van der Waals surface area contributed by atoms with Crippen molar-refractivity contribution in [1.82, 2.24) is 10.2 Å². The highest BCUT2D eigenvalue weighted by Gasteiger charge is 2.24. The number of aliphatic carboxylic acids is 1. The fraction of sp³-hybridized carbons (Fsp3) is 0.385. The molecule has 5 nitrogen and oxygen atoms in total. The number of hydrogen-bond donors (Lipinski definition) is 2. The first-order valence-electron chi connectivity index (χ1n) is 6.04. The quantitative estimate of drug-likeness (QED) is 0.812. The predicted molar refractivity (Wildman–Crippen MR) is 74.0 cm³/mol. The second-order valence-corrected chi connectivity index (χ2v) is 5.59. The maximum atomic E-state index is 11.7. The van der Waals surface area contributed by atoms with Gasteiger partial charge in [0.25, 0.3) is 0 Å². The number of thiophene rings is 1. The number of urea groups is 1. The van der Waals surface area contributed by atoms with E-state index in [1.165, 1.54) is 11.3 Å². The van der Waals surface area contributed by atoms with E-state index in [2.05, 4.69) is 5.32 Å². The maximum Gasteiger partial charge on any atom is 0.328 e. The van der Waals surface area contributed by atoms with Crippen molar-refractivity contribution in [2.75, 3.05) is 7.05 Å². The zero-order valence-corrected chi connectivity index (χ0v) is 11.4. The molecule has 6 heteroatoms. The van der Waals surface area contributed by atoms with Crippen LogP contribution in [0.5, 0.6) is 0 Å². The van der Waals surface area contributed by atoms with E-state index in [4.69, 9.17) is 5.11 Å². The molecule has 0 aliphatic heterocycles. The van der Waals surface area contributed by atoms with Crippen LogP contribution in [0.2, 0.25) is 0 Å². The van der Waals surface area contributed by atoms with Crippen LogP contribution < -0.4 is 5.32 Å². The third-order valence-electron chi connectivity index (χ3n) is 2.74. The van der Waals surface area contributed by atoms with Crippen LogP contribution in [0, 0.1) is 0 Å². The second kappa shape index (κ2) is 5.88. The molecule has 1 aromatic heterocycles. The summed E-state index contributed by atoms with van der Waals surface area (Å²) < 4.78 is 0. The minimum absolute atomic E-state index is 0.0569. The molecule has 19 heavy (non-hydrogen) atoms. The molecule has 0 spiro atoms. The van der Waals surface area contributed by atoms with Crippen LogP contribution in [-0.4, -0.2) is 35.1 Å². The van der Waals surface area contributed by atoms with Crippen molar-refractivity contribution in [1.29, 1.82) is 0 Å². The fourth-order valence-electron chi connectivity index (χ4n) is 1.55. The molecule has 1 heterocycles. The summed E-state index contributed by atoms with van der Waals surface area (Å²) in [5.74, 6) is -0.964. The van der Waals surface area contributed by atoms with Gasteiger partial charge in [-0.25, -0.2) is 9.59 Å². The van der Waals surface area contributed by atoms with Gasteiger partial charge in [-0.2, -0.15) is 0 Å². The number of nitrogens with zero attached hydrogens (tertiary/aromatic N) is 1. The van der Waals surface area contributed by atoms with Crippen LogP contribution in [-0.2, 0) is 11.3 Å². The van der Waals surface area contributed by atoms with Gasteiger partial charge in [0.1, 0.15) is 0 Å². The molecule has 1 aliphatic rings. The summed E-state index contributed by atoms with van der Waals surface area (Å²) in [5, 5.41) is 13.3. The van der Waals surface area contributed by atoms with E-state index in [-0.39, 0.29) is 6.03 Å². The zero-order chi connectivity index (χ0) is 13.8. The highest BCUT2D eigenvalue weighted by molar-refractivity contribution is 7.10. The summed E-state index contributed by atoms with van der Waals surface area (Å²) in [6.07, 6.45) is 4.80. The number of rotatable bonds is 5. The monoisotopic (exact) mass is 280 g/mol. The normalized spacial score (nSPS) is 14.6. The molecule has 0 bridgehead atoms. The van der Waals surface area contributed by atoms with Crippen LogP contribution in [0.4, 0.5) is 4.79 Å². The van der Waals surface area contributed by atoms with Gasteiger partial charge < -0.3 is 15.3 Å². The minimum atomic E-state index is -0.964. The maximum absolute atomic E-state index is 11.7. The Morgan fingerprint density at radius 3 is 2.95 bits per heavy atom. The van der Waals surface area contributed by atoms with Crippen molar-refractivity contribution >= 4 is 29.4 Å². The molecule has 0 aromatic carbocycles. The molecule has 0 saturated heterocycles. The first-order valence-corrected chi connectivity index (χ1v) is 6.92. The van der Waals surface area contributed by atoms with Crippen molar-refractivity contribution in [3.8, 4) is 0 Å². The molecule has 102 valence electrons. The highest BCUT2D eigenvalue weighted by Crippen LogP contribution is 2.20. The number of hydrogen-bond acceptors (Lipinski definition) is 3. The number of carbonyl (C=O) groups is 2. The molecule has 1 aromatic rings. The van der Waals surface area contributed by atoms with Gasteiger partial charge in [0, 0.05) is 24.0 Å². The molecule has 2 amide bonds. The van der Waals surface area contributed by atoms with E-state index in [0.717, 1.165) is 29.4 Å². The SMILES string of the molecule is CN(Cc1cc(C=CC(=O)O)cs1)C(=O)NC1CC1. The van der Waals surface area contributed by atoms with Gasteiger partial charge in [-0.15, -0.1) is 11.3 Å². The Kier molecular flexibility index (Phi) is 4.21. The molecule has 2 rings (SSSR count). The van der Waals surface area contributed by atoms with Gasteiger partial charge >= 0.3 is 12.0 Å². The lowest BCUT2D eigenvalue weighted by molar-refractivity contribution is -0.131. The summed E-state index contributed by atoms with van der Waals surface area (Å²) >= 11 is 1.52. The lowest BCUT2D eigenvalue weighted by Crippen LogP contribution is -2.37. The number of carboxylic acids is 1. The predicted octanol–water partition coefficient (Wildman–Crippen LogP) is 2.15. The van der Waals surface area contributed by atoms with E-state index in [1.54, 1.807) is 18.0 Å². The molecule has 0 radical (unpaired) electrons. The van der Waals surface area contributed by atoms with Gasteiger partial charge in [0.05, 0.1) is 6.54 Å². The Hall–Kier alpha value is -1.82. The van der Waals surface area contributed by atoms with Crippen LogP contribution in [0.15, 0.2) is 17.5 Å². The molecule has 1 saturated carbocycles. The van der Waals surface area contributed by atoms with E-state index in [0.29, 0.717) is 12.6 Å². The summed E-state index contributed by atoms with van der Waals surface area (Å²) in [4.78, 5) is 24.8. The van der Waals surface area contributed by atoms with E-state index >= 15 is 0 Å². The Balaban J connectivity index is 1.87. The summed E-state index contributed by atoms with van der Waals surface area (Å²) in [6, 6.07) is 2.19. The van der Waals surface area contributed by atoms with Gasteiger partial charge in [0.2, 0.25) is 0 Å². The number of carboxylic acid groups (broad SMARTS) is 1. The molecular formula is C13H16N2O3S. The summed E-state index contributed by atoms with van der Waals surface area (Å²) in [5.41, 5.74) is 0.846. The highest BCUT2D eigenvalue weighted by atomic mass is 32.1. The molecule has 0 unspecified atom stereocenters. The summed E-state index contributed by atoms with van der Waals surface area (Å²) in [6.45, 7) is 0.532. The first kappa shape index (κ1) is 13.6. The van der Waals surface area contributed by atoms with Gasteiger partial charge in [-0.3, -0.25) is 0 Å². The summed E-state index contributed by atoms with van der Waals surface area (Å²) in [7, 11) is 1.75. The average Bonchev–Trinajstić information content (AvgIpc) is 3.05. The van der Waals surface area contributed by atoms with Crippen molar-refractivity contribution in [2.24, 2.45) is 0 Å². The van der Waals surface area contributed by atoms with Crippen LogP contribution >= 0.6 is 11.3 Å². The van der Waals surface area contributed by atoms with Crippen LogP contribution in [0.1, 0.15) is 23.3 Å². The molecule has 0 atom stereocenters. The van der Waals surface area contributed by atoms with E-state index in [9.17, 15) is 9.59 Å². The molecule has 2 N–H and O–H groups in total. The van der Waals surface area contributed by atoms with Crippen LogP contribution in [0.25, 0.3) is 6.08 Å². The Bertz CT molecular complexity index is 506. The van der Waals surface area contributed by atoms with Gasteiger partial charge in [0.15, 0.2) is 0 Å². The topological polar surface area (TPSA) is 69.6 Å². The van der Waals surface area contributed by atoms with E-state index in [1.807, 2.05) is 11.4 Å². The minimum Gasteiger partial charge on any atom is -0.478 e. The van der Waals surface area contributed by atoms with Crippen molar-refractivity contribution < 1.29 is 14.7 Å². The number of nitrogens with one attached hydrogen (secondary N) is 1. The Morgan fingerprint density at radius 1 is 1.58 bits per heavy atom. The lowest BCUT2D eigenvalue weighted by atomic mass is 10.3. The van der Waals surface area contributed by atoms with Crippen molar-refractivity contribution in [3.63, 3.8) is 0 Å². The Morgan fingerprint density at radius 2 is 2.32 bits per heavy atom. The van der Waals surface area contributed by atoms with Gasteiger partial charge in [-0.05, 0) is 35.9 Å². The molecular weight excluding hydrogens is 264 g/mol. The molecule has 1 fully saturated rings. The second-order valence-electron chi connectivity index (χ2n) is 4.60. The fourth-order valence-corrected chi connectivity index (χ4v) is 2.46. The number of carbonyl (C=O) groups excluding carboxylic acids is 1. The standard InChI is InChI=1S/C13H16N2O3S/c1-15(13(18)14-10-3-4-10)7-11-6-9(8-19-11)2-5-12(16)17/h2,5-6,8,10H,3-4,7H2,1H3,(H,14,18)(H,16,17). The van der Waals surface area contributed by atoms with Crippen molar-refractivity contribution in [3.05, 3.63) is 28.0 Å².